The molecule has 94 valence electrons. The Balaban J connectivity index is 2.95. The molecule has 1 amide bonds. The van der Waals surface area contributed by atoms with Crippen LogP contribution in [0.1, 0.15) is 30.4 Å². The predicted octanol–water partition coefficient (Wildman–Crippen LogP) is 3.28. The van der Waals surface area contributed by atoms with Gasteiger partial charge in [-0.05, 0) is 44.0 Å². The Morgan fingerprint density at radius 1 is 1.41 bits per heavy atom. The molecular formula is C13H17ClFNO. The van der Waals surface area contributed by atoms with E-state index in [-0.39, 0.29) is 11.7 Å². The highest BCUT2D eigenvalue weighted by molar-refractivity contribution is 6.30. The van der Waals surface area contributed by atoms with E-state index < -0.39 is 5.38 Å². The number of hydrogen-bond donors (Lipinski definition) is 0. The van der Waals surface area contributed by atoms with Crippen molar-refractivity contribution in [1.29, 1.82) is 0 Å². The second-order valence-corrected chi connectivity index (χ2v) is 4.31. The minimum atomic E-state index is -0.740. The van der Waals surface area contributed by atoms with Gasteiger partial charge in [0.25, 0.3) is 0 Å². The Kier molecular flexibility index (Phi) is 4.94. The average Bonchev–Trinajstić information content (AvgIpc) is 2.29. The molecule has 0 fully saturated rings. The molecule has 0 aliphatic heterocycles. The normalized spacial score (nSPS) is 12.3. The highest BCUT2D eigenvalue weighted by Gasteiger charge is 2.23. The van der Waals surface area contributed by atoms with Crippen LogP contribution in [0.5, 0.6) is 0 Å². The third kappa shape index (κ3) is 3.19. The number of rotatable bonds is 4. The summed E-state index contributed by atoms with van der Waals surface area (Å²) in [6.45, 7) is 6.81. The molecule has 2 nitrogen and oxygen atoms in total. The van der Waals surface area contributed by atoms with Crippen molar-refractivity contribution in [2.24, 2.45) is 0 Å². The van der Waals surface area contributed by atoms with Gasteiger partial charge in [0, 0.05) is 13.1 Å². The molecule has 0 aromatic heterocycles. The molecule has 0 spiro atoms. The van der Waals surface area contributed by atoms with Crippen molar-refractivity contribution in [3.05, 3.63) is 35.1 Å². The van der Waals surface area contributed by atoms with E-state index in [9.17, 15) is 9.18 Å². The summed E-state index contributed by atoms with van der Waals surface area (Å²) in [6, 6.07) is 4.29. The maximum absolute atomic E-state index is 13.0. The Morgan fingerprint density at radius 3 is 2.47 bits per heavy atom. The predicted molar refractivity (Wildman–Crippen MR) is 67.7 cm³/mol. The molecule has 0 bridgehead atoms. The van der Waals surface area contributed by atoms with Crippen LogP contribution in [0.15, 0.2) is 18.2 Å². The van der Waals surface area contributed by atoms with Gasteiger partial charge in [-0.2, -0.15) is 0 Å². The van der Waals surface area contributed by atoms with E-state index in [1.54, 1.807) is 17.9 Å². The van der Waals surface area contributed by atoms with Crippen LogP contribution in [0.2, 0.25) is 0 Å². The van der Waals surface area contributed by atoms with Crippen molar-refractivity contribution >= 4 is 17.5 Å². The summed E-state index contributed by atoms with van der Waals surface area (Å²) in [5.74, 6) is -0.447. The van der Waals surface area contributed by atoms with E-state index in [0.717, 1.165) is 0 Å². The third-order valence-corrected chi connectivity index (χ3v) is 3.22. The number of carbonyl (C=O) groups excluding carboxylic acids is 1. The van der Waals surface area contributed by atoms with Crippen LogP contribution in [-0.2, 0) is 4.79 Å². The molecule has 1 rings (SSSR count). The number of benzene rings is 1. The fourth-order valence-corrected chi connectivity index (χ4v) is 2.13. The average molecular weight is 258 g/mol. The summed E-state index contributed by atoms with van der Waals surface area (Å²) in [5.41, 5.74) is 1.37. The number of nitrogens with zero attached hydrogens (tertiary/aromatic N) is 1. The summed E-state index contributed by atoms with van der Waals surface area (Å²) in [4.78, 5) is 13.7. The zero-order chi connectivity index (χ0) is 13.0. The molecule has 0 saturated carbocycles. The molecule has 1 atom stereocenters. The smallest absolute Gasteiger partial charge is 0.245 e. The molecule has 4 heteroatoms. The van der Waals surface area contributed by atoms with Crippen LogP contribution in [0.25, 0.3) is 0 Å². The van der Waals surface area contributed by atoms with Crippen molar-refractivity contribution in [1.82, 2.24) is 4.90 Å². The number of halogens is 2. The van der Waals surface area contributed by atoms with Crippen molar-refractivity contribution in [2.45, 2.75) is 26.1 Å². The van der Waals surface area contributed by atoms with Gasteiger partial charge in [-0.25, -0.2) is 4.39 Å². The van der Waals surface area contributed by atoms with Gasteiger partial charge in [0.05, 0.1) is 0 Å². The van der Waals surface area contributed by atoms with Crippen LogP contribution in [0.4, 0.5) is 4.39 Å². The largest absolute Gasteiger partial charge is 0.342 e. The van der Waals surface area contributed by atoms with Gasteiger partial charge in [-0.15, -0.1) is 11.6 Å². The van der Waals surface area contributed by atoms with Gasteiger partial charge < -0.3 is 4.90 Å². The van der Waals surface area contributed by atoms with E-state index in [4.69, 9.17) is 11.6 Å². The fourth-order valence-electron chi connectivity index (χ4n) is 1.75. The van der Waals surface area contributed by atoms with Crippen LogP contribution >= 0.6 is 11.6 Å². The van der Waals surface area contributed by atoms with Gasteiger partial charge in [0.2, 0.25) is 5.91 Å². The Labute approximate surface area is 106 Å². The molecule has 17 heavy (non-hydrogen) atoms. The third-order valence-electron chi connectivity index (χ3n) is 2.80. The van der Waals surface area contributed by atoms with Crippen molar-refractivity contribution in [3.8, 4) is 0 Å². The van der Waals surface area contributed by atoms with Crippen LogP contribution in [0.3, 0.4) is 0 Å². The van der Waals surface area contributed by atoms with Gasteiger partial charge in [-0.3, -0.25) is 4.79 Å². The van der Waals surface area contributed by atoms with Crippen molar-refractivity contribution in [2.75, 3.05) is 13.1 Å². The number of likely N-dealkylation sites (N-methyl/N-ethyl adjacent to an activating group) is 1. The zero-order valence-electron chi connectivity index (χ0n) is 10.3. The van der Waals surface area contributed by atoms with Gasteiger partial charge in [0.15, 0.2) is 0 Å². The molecule has 0 radical (unpaired) electrons. The molecular weight excluding hydrogens is 241 g/mol. The monoisotopic (exact) mass is 257 g/mol. The van der Waals surface area contributed by atoms with E-state index in [1.807, 2.05) is 13.8 Å². The highest BCUT2D eigenvalue weighted by atomic mass is 35.5. The topological polar surface area (TPSA) is 20.3 Å². The van der Waals surface area contributed by atoms with Crippen LogP contribution in [-0.4, -0.2) is 23.9 Å². The Morgan fingerprint density at radius 2 is 2.00 bits per heavy atom. The van der Waals surface area contributed by atoms with Crippen LogP contribution in [0, 0.1) is 12.7 Å². The lowest BCUT2D eigenvalue weighted by molar-refractivity contribution is -0.130. The summed E-state index contributed by atoms with van der Waals surface area (Å²) in [6.07, 6.45) is 0. The molecule has 0 aliphatic rings. The first-order valence-corrected chi connectivity index (χ1v) is 6.13. The Bertz CT molecular complexity index is 404. The lowest BCUT2D eigenvalue weighted by atomic mass is 10.0. The first-order valence-electron chi connectivity index (χ1n) is 5.70. The molecule has 0 aliphatic carbocycles. The first kappa shape index (κ1) is 14.0. The van der Waals surface area contributed by atoms with E-state index in [1.165, 1.54) is 12.1 Å². The molecule has 1 aromatic rings. The molecule has 0 N–H and O–H groups in total. The summed E-state index contributed by atoms with van der Waals surface area (Å²) >= 11 is 6.15. The molecule has 0 saturated heterocycles. The van der Waals surface area contributed by atoms with E-state index >= 15 is 0 Å². The zero-order valence-corrected chi connectivity index (χ0v) is 11.1. The first-order chi connectivity index (χ1) is 8.01. The van der Waals surface area contributed by atoms with Crippen LogP contribution < -0.4 is 0 Å². The number of carbonyl (C=O) groups is 1. The van der Waals surface area contributed by atoms with Crippen molar-refractivity contribution < 1.29 is 9.18 Å². The molecule has 1 aromatic carbocycles. The minimum absolute atomic E-state index is 0.133. The number of aryl methyl sites for hydroxylation is 1. The second kappa shape index (κ2) is 6.01. The maximum Gasteiger partial charge on any atom is 0.245 e. The SMILES string of the molecule is CCN(CC)C(=O)C(Cl)c1ccc(F)cc1C. The van der Waals surface area contributed by atoms with Gasteiger partial charge >= 0.3 is 0 Å². The lowest BCUT2D eigenvalue weighted by Gasteiger charge is -2.22. The number of amides is 1. The van der Waals surface area contributed by atoms with E-state index in [2.05, 4.69) is 0 Å². The Hall–Kier alpha value is -1.09. The highest BCUT2D eigenvalue weighted by Crippen LogP contribution is 2.26. The van der Waals surface area contributed by atoms with Gasteiger partial charge in [0.1, 0.15) is 11.2 Å². The van der Waals surface area contributed by atoms with Gasteiger partial charge in [-0.1, -0.05) is 6.07 Å². The summed E-state index contributed by atoms with van der Waals surface area (Å²) in [7, 11) is 0. The fraction of sp³-hybridized carbons (Fsp3) is 0.462. The van der Waals surface area contributed by atoms with E-state index in [0.29, 0.717) is 24.2 Å². The quantitative estimate of drug-likeness (QED) is 0.758. The second-order valence-electron chi connectivity index (χ2n) is 3.87. The lowest BCUT2D eigenvalue weighted by Crippen LogP contribution is -2.33. The molecule has 1 unspecified atom stereocenters. The maximum atomic E-state index is 13.0. The number of alkyl halides is 1. The number of hydrogen-bond acceptors (Lipinski definition) is 1. The molecule has 0 heterocycles. The summed E-state index contributed by atoms with van der Waals surface area (Å²) < 4.78 is 13.0. The summed E-state index contributed by atoms with van der Waals surface area (Å²) in [5, 5.41) is -0.740. The van der Waals surface area contributed by atoms with Crippen molar-refractivity contribution in [3.63, 3.8) is 0 Å². The standard InChI is InChI=1S/C13H17ClFNO/c1-4-16(5-2)13(17)12(14)11-7-6-10(15)8-9(11)3/h6-8,12H,4-5H2,1-3H3. The minimum Gasteiger partial charge on any atom is -0.342 e.